The van der Waals surface area contributed by atoms with Gasteiger partial charge in [0.05, 0.1) is 6.10 Å². The molecular weight excluding hydrogens is 271 g/mol. The van der Waals surface area contributed by atoms with E-state index in [-0.39, 0.29) is 23.9 Å². The number of nitrogens with two attached hydrogens (primary N) is 1. The molecule has 1 aliphatic carbocycles. The Bertz CT molecular complexity index is 502. The molecule has 2 N–H and O–H groups in total. The number of nitrogens with zero attached hydrogens (tertiary/aromatic N) is 1. The van der Waals surface area contributed by atoms with Crippen LogP contribution in [0.3, 0.4) is 0 Å². The minimum atomic E-state index is -0.361. The third kappa shape index (κ3) is 3.41. The molecule has 1 aromatic carbocycles. The highest BCUT2D eigenvalue weighted by molar-refractivity contribution is 5.81. The van der Waals surface area contributed by atoms with Crippen LogP contribution in [0, 0.1) is 5.82 Å². The predicted molar refractivity (Wildman–Crippen MR) is 76.9 cm³/mol. The van der Waals surface area contributed by atoms with E-state index >= 15 is 0 Å². The lowest BCUT2D eigenvalue weighted by molar-refractivity contribution is -0.144. The van der Waals surface area contributed by atoms with Crippen LogP contribution in [0.4, 0.5) is 4.39 Å². The fourth-order valence-corrected chi connectivity index (χ4v) is 2.81. The number of rotatable bonds is 5. The first-order valence-corrected chi connectivity index (χ1v) is 7.58. The number of carbonyl (C=O) groups excluding carboxylic acids is 1. The van der Waals surface area contributed by atoms with Crippen molar-refractivity contribution in [1.82, 2.24) is 4.90 Å². The van der Waals surface area contributed by atoms with Crippen molar-refractivity contribution in [1.29, 1.82) is 0 Å². The van der Waals surface area contributed by atoms with Crippen LogP contribution in [0.2, 0.25) is 0 Å². The zero-order chi connectivity index (χ0) is 14.8. The Hall–Kier alpha value is -1.46. The number of amides is 1. The summed E-state index contributed by atoms with van der Waals surface area (Å²) in [6.45, 7) is 0.988. The molecule has 2 atom stereocenters. The Morgan fingerprint density at radius 2 is 1.95 bits per heavy atom. The molecule has 0 radical (unpaired) electrons. The highest BCUT2D eigenvalue weighted by atomic mass is 19.1. The highest BCUT2D eigenvalue weighted by Gasteiger charge is 2.39. The van der Waals surface area contributed by atoms with Gasteiger partial charge in [0.15, 0.2) is 0 Å². The second-order valence-electron chi connectivity index (χ2n) is 5.88. The Balaban J connectivity index is 1.67. The molecule has 114 valence electrons. The molecule has 5 heteroatoms. The number of carbonyl (C=O) groups is 1. The van der Waals surface area contributed by atoms with Gasteiger partial charge in [0.1, 0.15) is 11.9 Å². The summed E-state index contributed by atoms with van der Waals surface area (Å²) in [4.78, 5) is 14.5. The fraction of sp³-hybridized carbons (Fsp3) is 0.562. The third-order valence-electron chi connectivity index (χ3n) is 4.18. The Morgan fingerprint density at radius 1 is 1.24 bits per heavy atom. The van der Waals surface area contributed by atoms with Crippen LogP contribution in [0.5, 0.6) is 0 Å². The van der Waals surface area contributed by atoms with Crippen LogP contribution in [-0.4, -0.2) is 35.6 Å². The topological polar surface area (TPSA) is 55.6 Å². The Morgan fingerprint density at radius 3 is 2.52 bits per heavy atom. The molecular formula is C16H21FN2O2. The predicted octanol–water partition coefficient (Wildman–Crippen LogP) is 1.82. The van der Waals surface area contributed by atoms with Gasteiger partial charge in [-0.2, -0.15) is 0 Å². The van der Waals surface area contributed by atoms with Crippen LogP contribution in [-0.2, 0) is 16.1 Å². The summed E-state index contributed by atoms with van der Waals surface area (Å²) in [5, 5.41) is 0. The van der Waals surface area contributed by atoms with E-state index in [1.807, 2.05) is 4.90 Å². The number of hydrogen-bond donors (Lipinski definition) is 1. The van der Waals surface area contributed by atoms with E-state index < -0.39 is 0 Å². The standard InChI is InChI=1S/C16H21FN2O2/c17-12-3-1-11(2-4-12)10-19(13-5-6-13)16(20)15-8-7-14(9-18)21-15/h1-4,13-15H,5-10,18H2/t14-,15+/m1/s1. The molecule has 1 saturated carbocycles. The minimum absolute atomic E-state index is 0.00539. The van der Waals surface area contributed by atoms with E-state index in [2.05, 4.69) is 0 Å². The summed E-state index contributed by atoms with van der Waals surface area (Å²) < 4.78 is 18.7. The first-order chi connectivity index (χ1) is 10.2. The first-order valence-electron chi connectivity index (χ1n) is 7.58. The molecule has 1 amide bonds. The molecule has 1 aromatic rings. The van der Waals surface area contributed by atoms with E-state index in [1.54, 1.807) is 12.1 Å². The van der Waals surface area contributed by atoms with Crippen LogP contribution in [0.25, 0.3) is 0 Å². The quantitative estimate of drug-likeness (QED) is 0.900. The molecule has 0 aromatic heterocycles. The van der Waals surface area contributed by atoms with E-state index in [1.165, 1.54) is 12.1 Å². The van der Waals surface area contributed by atoms with Gasteiger partial charge in [-0.25, -0.2) is 4.39 Å². The Labute approximate surface area is 124 Å². The maximum absolute atomic E-state index is 13.0. The van der Waals surface area contributed by atoms with Gasteiger partial charge in [-0.05, 0) is 43.4 Å². The van der Waals surface area contributed by atoms with E-state index in [4.69, 9.17) is 10.5 Å². The zero-order valence-corrected chi connectivity index (χ0v) is 12.0. The summed E-state index contributed by atoms with van der Waals surface area (Å²) in [6.07, 6.45) is 3.32. The number of hydrogen-bond acceptors (Lipinski definition) is 3. The van der Waals surface area contributed by atoms with Crippen LogP contribution < -0.4 is 5.73 Å². The molecule has 1 aliphatic heterocycles. The van der Waals surface area contributed by atoms with Crippen molar-refractivity contribution in [3.05, 3.63) is 35.6 Å². The lowest BCUT2D eigenvalue weighted by atomic mass is 10.1. The summed E-state index contributed by atoms with van der Waals surface area (Å²) in [5.74, 6) is -0.203. The van der Waals surface area contributed by atoms with Gasteiger partial charge < -0.3 is 15.4 Å². The smallest absolute Gasteiger partial charge is 0.252 e. The lowest BCUT2D eigenvalue weighted by Gasteiger charge is -2.25. The summed E-state index contributed by atoms with van der Waals surface area (Å²) in [5.41, 5.74) is 6.55. The van der Waals surface area contributed by atoms with Crippen LogP contribution in [0.15, 0.2) is 24.3 Å². The number of benzene rings is 1. The molecule has 2 aliphatic rings. The second kappa shape index (κ2) is 6.12. The van der Waals surface area contributed by atoms with Crippen LogP contribution in [0.1, 0.15) is 31.2 Å². The number of halogens is 1. The first kappa shape index (κ1) is 14.5. The van der Waals surface area contributed by atoms with Gasteiger partial charge >= 0.3 is 0 Å². The lowest BCUT2D eigenvalue weighted by Crippen LogP contribution is -2.40. The normalized spacial score (nSPS) is 25.0. The monoisotopic (exact) mass is 292 g/mol. The highest BCUT2D eigenvalue weighted by Crippen LogP contribution is 2.31. The van der Waals surface area contributed by atoms with Crippen molar-refractivity contribution < 1.29 is 13.9 Å². The largest absolute Gasteiger partial charge is 0.364 e. The van der Waals surface area contributed by atoms with Crippen LogP contribution >= 0.6 is 0 Å². The average Bonchev–Trinajstić information content (AvgIpc) is 3.22. The molecule has 3 rings (SSSR count). The average molecular weight is 292 g/mol. The van der Waals surface area contributed by atoms with Gasteiger partial charge in [0, 0.05) is 19.1 Å². The van der Waals surface area contributed by atoms with Gasteiger partial charge in [-0.3, -0.25) is 4.79 Å². The van der Waals surface area contributed by atoms with Crippen molar-refractivity contribution >= 4 is 5.91 Å². The minimum Gasteiger partial charge on any atom is -0.364 e. The van der Waals surface area contributed by atoms with Crippen molar-refractivity contribution in [2.45, 2.75) is 50.5 Å². The van der Waals surface area contributed by atoms with E-state index in [9.17, 15) is 9.18 Å². The molecule has 21 heavy (non-hydrogen) atoms. The maximum atomic E-state index is 13.0. The molecule has 1 heterocycles. The SMILES string of the molecule is NC[C@H]1CC[C@@H](C(=O)N(Cc2ccc(F)cc2)C2CC2)O1. The van der Waals surface area contributed by atoms with Crippen molar-refractivity contribution in [2.75, 3.05) is 6.54 Å². The molecule has 0 spiro atoms. The summed E-state index contributed by atoms with van der Waals surface area (Å²) in [7, 11) is 0. The van der Waals surface area contributed by atoms with Gasteiger partial charge in [0.2, 0.25) is 0 Å². The van der Waals surface area contributed by atoms with Crippen molar-refractivity contribution in [2.24, 2.45) is 5.73 Å². The molecule has 0 unspecified atom stereocenters. The summed E-state index contributed by atoms with van der Waals surface area (Å²) >= 11 is 0. The van der Waals surface area contributed by atoms with E-state index in [0.717, 1.165) is 31.2 Å². The molecule has 0 bridgehead atoms. The van der Waals surface area contributed by atoms with Gasteiger partial charge in [-0.1, -0.05) is 12.1 Å². The van der Waals surface area contributed by atoms with Gasteiger partial charge in [0.25, 0.3) is 5.91 Å². The molecule has 1 saturated heterocycles. The zero-order valence-electron chi connectivity index (χ0n) is 12.0. The Kier molecular flexibility index (Phi) is 4.22. The number of ether oxygens (including phenoxy) is 1. The third-order valence-corrected chi connectivity index (χ3v) is 4.18. The fourth-order valence-electron chi connectivity index (χ4n) is 2.81. The van der Waals surface area contributed by atoms with Crippen molar-refractivity contribution in [3.63, 3.8) is 0 Å². The second-order valence-corrected chi connectivity index (χ2v) is 5.88. The van der Waals surface area contributed by atoms with Gasteiger partial charge in [-0.15, -0.1) is 0 Å². The summed E-state index contributed by atoms with van der Waals surface area (Å²) in [6, 6.07) is 6.64. The maximum Gasteiger partial charge on any atom is 0.252 e. The van der Waals surface area contributed by atoms with Crippen molar-refractivity contribution in [3.8, 4) is 0 Å². The molecule has 2 fully saturated rings. The molecule has 4 nitrogen and oxygen atoms in total. The van der Waals surface area contributed by atoms with E-state index in [0.29, 0.717) is 19.1 Å².